The monoisotopic (exact) mass is 473 g/mol. The number of hydrogen-bond donors (Lipinski definition) is 1. The van der Waals surface area contributed by atoms with Crippen LogP contribution in [0.1, 0.15) is 16.7 Å². The van der Waals surface area contributed by atoms with Crippen LogP contribution < -0.4 is 5.32 Å². The summed E-state index contributed by atoms with van der Waals surface area (Å²) in [5, 5.41) is 2.68. The Morgan fingerprint density at radius 1 is 0.786 bits per heavy atom. The molecule has 1 N–H and O–H groups in total. The van der Waals surface area contributed by atoms with Crippen LogP contribution >= 0.6 is 0 Å². The molecule has 0 aliphatic heterocycles. The van der Waals surface area contributed by atoms with Crippen molar-refractivity contribution in [2.45, 2.75) is 20.8 Å². The summed E-state index contributed by atoms with van der Waals surface area (Å²) in [5.74, 6) is 1.63. The summed E-state index contributed by atoms with van der Waals surface area (Å²) >= 11 is 0. The largest absolute Gasteiger partial charge is 0 e. The summed E-state index contributed by atoms with van der Waals surface area (Å²) in [5.41, 5.74) is 4.06. The van der Waals surface area contributed by atoms with Crippen molar-refractivity contribution in [2.24, 2.45) is 0 Å². The maximum atomic E-state index is 11.0. The summed E-state index contributed by atoms with van der Waals surface area (Å²) in [6, 6.07) is 4.03. The van der Waals surface area contributed by atoms with Crippen molar-refractivity contribution >= 4 is 11.6 Å². The Morgan fingerprint density at radius 3 is 1.25 bits per heavy atom. The molecule has 0 saturated heterocycles. The van der Waals surface area contributed by atoms with Gasteiger partial charge in [0, 0.05) is 39.2 Å². The number of hydrogen-bond acceptors (Lipinski definition) is 1. The molecule has 0 fully saturated rings. The smallest absolute Gasteiger partial charge is 0 e. The standard InChI is InChI=1S/C12H13NO.6CO.2Co/c1-5-11(14)13-12-9(3)6-8(2)7-10(12)4;6*1-2;;/h1,6-7H,2-4H3,(H,13,14);;;;;;;;. The number of rotatable bonds is 1. The molecular formula is C18H13Co2NO7. The van der Waals surface area contributed by atoms with Crippen molar-refractivity contribution in [3.8, 4) is 12.3 Å². The first kappa shape index (κ1) is 50.0. The fraction of sp³-hybridized carbons (Fsp3) is 0.167. The number of benzene rings is 1. The van der Waals surface area contributed by atoms with Gasteiger partial charge in [0.25, 0.3) is 5.91 Å². The van der Waals surface area contributed by atoms with Gasteiger partial charge in [0.1, 0.15) is 0 Å². The Hall–Kier alpha value is -2.30. The van der Waals surface area contributed by atoms with Crippen molar-refractivity contribution in [3.63, 3.8) is 0 Å². The first-order valence-electron chi connectivity index (χ1n) is 5.62. The van der Waals surface area contributed by atoms with Gasteiger partial charge in [0.15, 0.2) is 0 Å². The van der Waals surface area contributed by atoms with Gasteiger partial charge < -0.3 is 5.32 Å². The average molecular weight is 473 g/mol. The van der Waals surface area contributed by atoms with Crippen LogP contribution in [0, 0.1) is 73.0 Å². The van der Waals surface area contributed by atoms with Gasteiger partial charge >= 0.3 is 67.8 Å². The van der Waals surface area contributed by atoms with Gasteiger partial charge in [-0.05, 0) is 37.8 Å². The van der Waals surface area contributed by atoms with E-state index >= 15 is 0 Å². The number of nitrogens with one attached hydrogen (secondary N) is 1. The quantitative estimate of drug-likeness (QED) is 0.371. The molecule has 0 heterocycles. The van der Waals surface area contributed by atoms with Gasteiger partial charge in [-0.25, -0.2) is 0 Å². The van der Waals surface area contributed by atoms with E-state index in [9.17, 15) is 4.79 Å². The zero-order valence-electron chi connectivity index (χ0n) is 14.8. The molecule has 0 unspecified atom stereocenters. The summed E-state index contributed by atoms with van der Waals surface area (Å²) < 4.78 is 45.0. The van der Waals surface area contributed by atoms with Crippen LogP contribution in [-0.2, 0) is 66.3 Å². The first-order valence-corrected chi connectivity index (χ1v) is 5.62. The third-order valence-electron chi connectivity index (χ3n) is 2.05. The van der Waals surface area contributed by atoms with E-state index in [-0.39, 0.29) is 33.6 Å². The maximum Gasteiger partial charge on any atom is 0 e. The van der Waals surface area contributed by atoms with Crippen LogP contribution in [0.2, 0.25) is 0 Å². The number of anilines is 1. The number of amides is 1. The predicted octanol–water partition coefficient (Wildman–Crippen LogP) is 1.95. The third-order valence-corrected chi connectivity index (χ3v) is 2.05. The summed E-state index contributed by atoms with van der Waals surface area (Å²) in [7, 11) is 0. The first-order chi connectivity index (χ1) is 12.5. The summed E-state index contributed by atoms with van der Waals surface area (Å²) in [6.45, 7) is 32.9. The second-order valence-electron chi connectivity index (χ2n) is 3.37. The summed E-state index contributed by atoms with van der Waals surface area (Å²) in [4.78, 5) is 11.0. The Bertz CT molecular complexity index is 597. The van der Waals surface area contributed by atoms with Crippen LogP contribution in [0.15, 0.2) is 12.1 Å². The SMILES string of the molecule is C#CC(=O)Nc1c(C)cc(C)cc1C.[C-]#[O+].[C-]#[O+].[C-]#[O+].[C-]#[O+].[C-]#[O+].[C-]#[O+].[Co].[Co]. The molecule has 1 amide bonds. The minimum absolute atomic E-state index is 0. The van der Waals surface area contributed by atoms with E-state index in [4.69, 9.17) is 34.3 Å². The van der Waals surface area contributed by atoms with Crippen molar-refractivity contribution in [2.75, 3.05) is 5.32 Å². The van der Waals surface area contributed by atoms with Crippen LogP contribution in [-0.4, -0.2) is 5.91 Å². The van der Waals surface area contributed by atoms with Gasteiger partial charge in [0.05, 0.1) is 0 Å². The molecule has 0 aromatic heterocycles. The van der Waals surface area contributed by atoms with Gasteiger partial charge in [-0.15, -0.1) is 6.42 Å². The fourth-order valence-electron chi connectivity index (χ4n) is 1.53. The van der Waals surface area contributed by atoms with E-state index in [1.807, 2.05) is 38.8 Å². The Balaban J connectivity index is -0.0000000410. The zero-order chi connectivity index (χ0) is 22.7. The van der Waals surface area contributed by atoms with Gasteiger partial charge in [-0.1, -0.05) is 17.7 Å². The third kappa shape index (κ3) is 31.5. The van der Waals surface area contributed by atoms with Crippen LogP contribution in [0.3, 0.4) is 0 Å². The second kappa shape index (κ2) is 49.7. The Morgan fingerprint density at radius 2 is 1.04 bits per heavy atom. The molecule has 0 saturated carbocycles. The second-order valence-corrected chi connectivity index (χ2v) is 3.37. The molecule has 28 heavy (non-hydrogen) atoms. The maximum absolute atomic E-state index is 11.0. The molecule has 1 rings (SSSR count). The fourth-order valence-corrected chi connectivity index (χ4v) is 1.53. The molecular weight excluding hydrogens is 460 g/mol. The topological polar surface area (TPSA) is 149 Å². The van der Waals surface area contributed by atoms with Crippen LogP contribution in [0.4, 0.5) is 5.69 Å². The van der Waals surface area contributed by atoms with Crippen LogP contribution in [0.25, 0.3) is 0 Å². The van der Waals surface area contributed by atoms with E-state index in [2.05, 4.69) is 45.2 Å². The minimum atomic E-state index is -0.403. The number of aryl methyl sites for hydroxylation is 3. The Kier molecular flexibility index (Phi) is 88.9. The predicted molar refractivity (Wildman–Crippen MR) is 81.7 cm³/mol. The number of carbonyl (C=O) groups is 1. The van der Waals surface area contributed by atoms with E-state index in [1.54, 1.807) is 0 Å². The molecule has 0 bridgehead atoms. The molecule has 2 radical (unpaired) electrons. The van der Waals surface area contributed by atoms with E-state index in [1.165, 1.54) is 5.56 Å². The van der Waals surface area contributed by atoms with Gasteiger partial charge in [0.2, 0.25) is 0 Å². The van der Waals surface area contributed by atoms with Gasteiger partial charge in [-0.2, -0.15) is 0 Å². The Labute approximate surface area is 184 Å². The molecule has 1 aromatic carbocycles. The molecule has 1 aromatic rings. The van der Waals surface area contributed by atoms with Crippen molar-refractivity contribution in [1.29, 1.82) is 0 Å². The number of carbonyl (C=O) groups excluding carboxylic acids is 1. The van der Waals surface area contributed by atoms with Crippen molar-refractivity contribution in [3.05, 3.63) is 68.7 Å². The van der Waals surface area contributed by atoms with Gasteiger partial charge in [-0.3, -0.25) is 4.79 Å². The van der Waals surface area contributed by atoms with Crippen molar-refractivity contribution < 1.29 is 66.3 Å². The molecule has 150 valence electrons. The van der Waals surface area contributed by atoms with E-state index in [0.717, 1.165) is 16.8 Å². The molecule has 0 aliphatic carbocycles. The normalized spacial score (nSPS) is 5.07. The minimum Gasteiger partial charge on any atom is 0 e. The summed E-state index contributed by atoms with van der Waals surface area (Å²) in [6.07, 6.45) is 4.99. The van der Waals surface area contributed by atoms with Crippen molar-refractivity contribution in [1.82, 2.24) is 0 Å². The zero-order valence-corrected chi connectivity index (χ0v) is 16.8. The van der Waals surface area contributed by atoms with E-state index in [0.29, 0.717) is 0 Å². The molecule has 10 heteroatoms. The molecule has 0 aliphatic rings. The molecule has 0 atom stereocenters. The number of terminal acetylenes is 1. The average Bonchev–Trinajstić information content (AvgIpc) is 2.73. The molecule has 0 spiro atoms. The van der Waals surface area contributed by atoms with E-state index < -0.39 is 5.91 Å². The van der Waals surface area contributed by atoms with Crippen LogP contribution in [0.5, 0.6) is 0 Å². The molecule has 8 nitrogen and oxygen atoms in total.